The topological polar surface area (TPSA) is 87.3 Å². The van der Waals surface area contributed by atoms with Crippen LogP contribution in [0.5, 0.6) is 0 Å². The van der Waals surface area contributed by atoms with Crippen LogP contribution in [0, 0.1) is 0 Å². The van der Waals surface area contributed by atoms with E-state index >= 15 is 0 Å². The van der Waals surface area contributed by atoms with Gasteiger partial charge in [-0.25, -0.2) is 0 Å². The molecule has 140 valence electrons. The highest BCUT2D eigenvalue weighted by Crippen LogP contribution is 2.24. The van der Waals surface area contributed by atoms with Crippen LogP contribution in [0.15, 0.2) is 48.5 Å². The van der Waals surface area contributed by atoms with E-state index < -0.39 is 11.9 Å². The summed E-state index contributed by atoms with van der Waals surface area (Å²) in [6.07, 6.45) is -0.146. The predicted octanol–water partition coefficient (Wildman–Crippen LogP) is 3.06. The van der Waals surface area contributed by atoms with Crippen molar-refractivity contribution in [2.24, 2.45) is 0 Å². The molecule has 1 atom stereocenters. The molecule has 1 aliphatic heterocycles. The largest absolute Gasteiger partial charge is 0.340 e. The van der Waals surface area contributed by atoms with Crippen molar-refractivity contribution in [1.29, 1.82) is 0 Å². The number of hydrogen-bond donors (Lipinski definition) is 3. The van der Waals surface area contributed by atoms with Crippen molar-refractivity contribution in [3.63, 3.8) is 0 Å². The Kier molecular flexibility index (Phi) is 4.99. The SMILES string of the molecule is CC(C)(C)c1ccc(NC(=O)C[C@@H]2NC(=O)c3ccccc3NC2=O)cc1. The summed E-state index contributed by atoms with van der Waals surface area (Å²) in [5, 5.41) is 8.09. The minimum Gasteiger partial charge on any atom is -0.340 e. The van der Waals surface area contributed by atoms with E-state index in [2.05, 4.69) is 36.7 Å². The highest BCUT2D eigenvalue weighted by Gasteiger charge is 2.29. The van der Waals surface area contributed by atoms with Crippen LogP contribution in [0.3, 0.4) is 0 Å². The molecule has 0 radical (unpaired) electrons. The van der Waals surface area contributed by atoms with E-state index in [1.165, 1.54) is 0 Å². The van der Waals surface area contributed by atoms with Gasteiger partial charge in [0.1, 0.15) is 6.04 Å². The number of carbonyl (C=O) groups excluding carboxylic acids is 3. The number of nitrogens with one attached hydrogen (secondary N) is 3. The summed E-state index contributed by atoms with van der Waals surface area (Å²) >= 11 is 0. The van der Waals surface area contributed by atoms with Gasteiger partial charge in [0.2, 0.25) is 11.8 Å². The van der Waals surface area contributed by atoms with Gasteiger partial charge in [0, 0.05) is 5.69 Å². The van der Waals surface area contributed by atoms with Crippen LogP contribution in [0.25, 0.3) is 0 Å². The second kappa shape index (κ2) is 7.23. The molecule has 6 nitrogen and oxygen atoms in total. The Labute approximate surface area is 158 Å². The zero-order chi connectivity index (χ0) is 19.6. The molecule has 0 fully saturated rings. The quantitative estimate of drug-likeness (QED) is 0.781. The van der Waals surface area contributed by atoms with Crippen LogP contribution in [0.1, 0.15) is 43.1 Å². The van der Waals surface area contributed by atoms with Crippen molar-refractivity contribution >= 4 is 29.1 Å². The molecule has 3 rings (SSSR count). The van der Waals surface area contributed by atoms with Gasteiger partial charge in [0.05, 0.1) is 17.7 Å². The Hall–Kier alpha value is -3.15. The van der Waals surface area contributed by atoms with Gasteiger partial charge < -0.3 is 16.0 Å². The van der Waals surface area contributed by atoms with E-state index in [0.717, 1.165) is 5.56 Å². The van der Waals surface area contributed by atoms with E-state index in [9.17, 15) is 14.4 Å². The second-order valence-electron chi connectivity index (χ2n) is 7.64. The first-order valence-electron chi connectivity index (χ1n) is 8.85. The number of carbonyl (C=O) groups is 3. The third-order valence-electron chi connectivity index (χ3n) is 4.48. The maximum absolute atomic E-state index is 12.4. The zero-order valence-electron chi connectivity index (χ0n) is 15.6. The molecule has 0 bridgehead atoms. The van der Waals surface area contributed by atoms with E-state index in [1.807, 2.05) is 24.3 Å². The predicted molar refractivity (Wildman–Crippen MR) is 105 cm³/mol. The van der Waals surface area contributed by atoms with Crippen molar-refractivity contribution in [2.75, 3.05) is 10.6 Å². The maximum Gasteiger partial charge on any atom is 0.254 e. The number of anilines is 2. The zero-order valence-corrected chi connectivity index (χ0v) is 15.6. The smallest absolute Gasteiger partial charge is 0.254 e. The number of rotatable bonds is 3. The summed E-state index contributed by atoms with van der Waals surface area (Å²) < 4.78 is 0. The third kappa shape index (κ3) is 4.34. The van der Waals surface area contributed by atoms with Crippen LogP contribution in [0.4, 0.5) is 11.4 Å². The first-order chi connectivity index (χ1) is 12.7. The molecule has 0 saturated heterocycles. The average molecular weight is 365 g/mol. The van der Waals surface area contributed by atoms with Gasteiger partial charge in [-0.05, 0) is 35.2 Å². The lowest BCUT2D eigenvalue weighted by Crippen LogP contribution is -2.43. The van der Waals surface area contributed by atoms with E-state index in [0.29, 0.717) is 16.9 Å². The number of para-hydroxylation sites is 1. The summed E-state index contributed by atoms with van der Waals surface area (Å²) in [7, 11) is 0. The number of benzene rings is 2. The van der Waals surface area contributed by atoms with Gasteiger partial charge in [0.25, 0.3) is 5.91 Å². The normalized spacial score (nSPS) is 16.6. The first-order valence-corrected chi connectivity index (χ1v) is 8.85. The molecule has 27 heavy (non-hydrogen) atoms. The molecule has 0 spiro atoms. The molecule has 1 aliphatic rings. The summed E-state index contributed by atoms with van der Waals surface area (Å²) in [5.74, 6) is -1.13. The molecule has 1 heterocycles. The fourth-order valence-electron chi connectivity index (χ4n) is 2.91. The van der Waals surface area contributed by atoms with Gasteiger partial charge in [0.15, 0.2) is 0 Å². The van der Waals surface area contributed by atoms with Crippen LogP contribution < -0.4 is 16.0 Å². The lowest BCUT2D eigenvalue weighted by atomic mass is 9.87. The van der Waals surface area contributed by atoms with Gasteiger partial charge in [-0.1, -0.05) is 45.0 Å². The van der Waals surface area contributed by atoms with Gasteiger partial charge in [-0.15, -0.1) is 0 Å². The lowest BCUT2D eigenvalue weighted by Gasteiger charge is -2.19. The van der Waals surface area contributed by atoms with Crippen molar-refractivity contribution in [3.8, 4) is 0 Å². The van der Waals surface area contributed by atoms with E-state index in [1.54, 1.807) is 24.3 Å². The van der Waals surface area contributed by atoms with Gasteiger partial charge in [-0.2, -0.15) is 0 Å². The fraction of sp³-hybridized carbons (Fsp3) is 0.286. The molecule has 6 heteroatoms. The summed E-state index contributed by atoms with van der Waals surface area (Å²) in [4.78, 5) is 37.0. The molecular weight excluding hydrogens is 342 g/mol. The van der Waals surface area contributed by atoms with E-state index in [4.69, 9.17) is 0 Å². The molecule has 0 saturated carbocycles. The van der Waals surface area contributed by atoms with E-state index in [-0.39, 0.29) is 23.7 Å². The van der Waals surface area contributed by atoms with Gasteiger partial charge in [-0.3, -0.25) is 14.4 Å². The first kappa shape index (κ1) is 18.6. The van der Waals surface area contributed by atoms with Gasteiger partial charge >= 0.3 is 0 Å². The third-order valence-corrected chi connectivity index (χ3v) is 4.48. The van der Waals surface area contributed by atoms with Crippen molar-refractivity contribution in [2.45, 2.75) is 38.6 Å². The highest BCUT2D eigenvalue weighted by atomic mass is 16.2. The molecule has 0 aromatic heterocycles. The van der Waals surface area contributed by atoms with Crippen molar-refractivity contribution in [1.82, 2.24) is 5.32 Å². The molecule has 0 unspecified atom stereocenters. The van der Waals surface area contributed by atoms with Crippen LogP contribution in [-0.4, -0.2) is 23.8 Å². The van der Waals surface area contributed by atoms with Crippen LogP contribution >= 0.6 is 0 Å². The molecular formula is C21H23N3O3. The summed E-state index contributed by atoms with van der Waals surface area (Å²) in [6.45, 7) is 6.35. The average Bonchev–Trinajstić information content (AvgIpc) is 2.71. The maximum atomic E-state index is 12.4. The lowest BCUT2D eigenvalue weighted by molar-refractivity contribution is -0.122. The standard InChI is InChI=1S/C21H23N3O3/c1-21(2,3)13-8-10-14(11-9-13)22-18(25)12-17-20(27)23-16-7-5-4-6-15(16)19(26)24-17/h4-11,17H,12H2,1-3H3,(H,22,25)(H,23,27)(H,24,26)/t17-/m0/s1. The van der Waals surface area contributed by atoms with Crippen molar-refractivity contribution in [3.05, 3.63) is 59.7 Å². The molecule has 2 aromatic rings. The van der Waals surface area contributed by atoms with Crippen LogP contribution in [-0.2, 0) is 15.0 Å². The number of hydrogen-bond acceptors (Lipinski definition) is 3. The summed E-state index contributed by atoms with van der Waals surface area (Å²) in [5.41, 5.74) is 2.66. The highest BCUT2D eigenvalue weighted by molar-refractivity contribution is 6.11. The fourth-order valence-corrected chi connectivity index (χ4v) is 2.91. The Morgan fingerprint density at radius 2 is 1.70 bits per heavy atom. The summed E-state index contributed by atoms with van der Waals surface area (Å²) in [6, 6.07) is 13.4. The Bertz CT molecular complexity index is 882. The molecule has 3 amide bonds. The number of fused-ring (bicyclic) bond motifs is 1. The minimum absolute atomic E-state index is 0.0280. The number of amides is 3. The Balaban J connectivity index is 1.66. The van der Waals surface area contributed by atoms with Crippen LogP contribution in [0.2, 0.25) is 0 Å². The molecule has 0 aliphatic carbocycles. The Morgan fingerprint density at radius 3 is 2.37 bits per heavy atom. The molecule has 3 N–H and O–H groups in total. The minimum atomic E-state index is -0.932. The Morgan fingerprint density at radius 1 is 1.04 bits per heavy atom. The van der Waals surface area contributed by atoms with Crippen molar-refractivity contribution < 1.29 is 14.4 Å². The second-order valence-corrected chi connectivity index (χ2v) is 7.64. The molecule has 2 aromatic carbocycles. The monoisotopic (exact) mass is 365 g/mol.